The predicted octanol–water partition coefficient (Wildman–Crippen LogP) is 4.11. The Bertz CT molecular complexity index is 1310. The Morgan fingerprint density at radius 1 is 0.952 bits per heavy atom. The Kier molecular flexibility index (Phi) is 9.61. The Hall–Kier alpha value is -1.91. The molecule has 12 heteroatoms. The third-order valence-electron chi connectivity index (χ3n) is 9.44. The third-order valence-corrected chi connectivity index (χ3v) is 22.3. The first-order valence-corrected chi connectivity index (χ1v) is 19.2. The number of ether oxygens (including phenoxy) is 3. The lowest BCUT2D eigenvalue weighted by Gasteiger charge is -2.63. The summed E-state index contributed by atoms with van der Waals surface area (Å²) in [4.78, 5) is 27.4. The fraction of sp³-hybridized carbons (Fsp3) is 0.667. The summed E-state index contributed by atoms with van der Waals surface area (Å²) >= 11 is 0. The average Bonchev–Trinajstić information content (AvgIpc) is 3.20. The van der Waals surface area contributed by atoms with Gasteiger partial charge in [-0.3, -0.25) is 14.3 Å². The molecule has 1 aromatic heterocycles. The summed E-state index contributed by atoms with van der Waals surface area (Å²) in [5, 5.41) is 23.7. The monoisotopic (exact) mass is 620 g/mol. The van der Waals surface area contributed by atoms with Crippen LogP contribution in [0.5, 0.6) is 0 Å². The topological polar surface area (TPSA) is 132 Å². The van der Waals surface area contributed by atoms with E-state index in [9.17, 15) is 19.8 Å². The minimum atomic E-state index is -3.35. The molecule has 0 amide bonds. The number of rotatable bonds is 10. The normalized spacial score (nSPS) is 29.4. The molecule has 1 aromatic carbocycles. The molecule has 0 bridgehead atoms. The van der Waals surface area contributed by atoms with Crippen molar-refractivity contribution in [2.24, 2.45) is 0 Å². The fourth-order valence-electron chi connectivity index (χ4n) is 7.59. The van der Waals surface area contributed by atoms with Crippen molar-refractivity contribution in [3.63, 3.8) is 0 Å². The number of H-pyrrole nitrogens is 1. The molecule has 2 saturated heterocycles. The summed E-state index contributed by atoms with van der Waals surface area (Å²) in [5.74, 6) is 0. The molecule has 42 heavy (non-hydrogen) atoms. The molecule has 2 unspecified atom stereocenters. The summed E-state index contributed by atoms with van der Waals surface area (Å²) in [5.41, 5.74) is -1.55. The summed E-state index contributed by atoms with van der Waals surface area (Å²) in [6.07, 6.45) is -2.85. The van der Waals surface area contributed by atoms with Crippen LogP contribution in [-0.4, -0.2) is 65.8 Å². The Balaban J connectivity index is 1.90. The molecule has 6 atom stereocenters. The first-order chi connectivity index (χ1) is 19.6. The van der Waals surface area contributed by atoms with Crippen LogP contribution in [0.25, 0.3) is 0 Å². The van der Waals surface area contributed by atoms with Crippen LogP contribution in [0.15, 0.2) is 52.2 Å². The van der Waals surface area contributed by atoms with Gasteiger partial charge in [0.15, 0.2) is 12.5 Å². The number of nitrogens with one attached hydrogen (secondary N) is 1. The Morgan fingerprint density at radius 3 is 2.07 bits per heavy atom. The SMILES string of the molecule is CC(OCc1ccccc1)O[C@H]1[C@H](n2ccc(=O)[nH]c2=O)O[C@@H]2C(O)[Si](C(C)C)(C(C)C)O[Si](C(C)C)(C(C)C)[C@@]21O. The van der Waals surface area contributed by atoms with Crippen LogP contribution >= 0.6 is 0 Å². The minimum Gasteiger partial charge on any atom is -0.451 e. The zero-order valence-electron chi connectivity index (χ0n) is 26.2. The molecule has 3 N–H and O–H groups in total. The van der Waals surface area contributed by atoms with Gasteiger partial charge >= 0.3 is 5.69 Å². The van der Waals surface area contributed by atoms with Gasteiger partial charge in [-0.05, 0) is 34.7 Å². The van der Waals surface area contributed by atoms with E-state index in [-0.39, 0.29) is 28.8 Å². The highest BCUT2D eigenvalue weighted by atomic mass is 28.4. The van der Waals surface area contributed by atoms with Gasteiger partial charge in [0, 0.05) is 12.3 Å². The standard InChI is InChI=1S/C30H48N2O8Si2/c1-18(2)41(19(3)4)28(34)26-30(36,42(40-41,20(5)6)21(7)8)25(27(39-26)32-16-15-24(33)31-29(32)35)38-22(9)37-17-23-13-11-10-12-14-23/h10-16,18-22,25-28,34,36H,17H2,1-9H3,(H,31,33,35)/t22?,25-,26+,27+,28?,30+/m0/s1. The Morgan fingerprint density at radius 2 is 1.55 bits per heavy atom. The van der Waals surface area contributed by atoms with Crippen molar-refractivity contribution in [1.29, 1.82) is 0 Å². The molecule has 0 saturated carbocycles. The number of aromatic nitrogens is 2. The van der Waals surface area contributed by atoms with Crippen molar-refractivity contribution in [2.45, 2.75) is 127 Å². The van der Waals surface area contributed by atoms with Crippen LogP contribution in [0.2, 0.25) is 22.2 Å². The van der Waals surface area contributed by atoms with Crippen molar-refractivity contribution in [2.75, 3.05) is 0 Å². The number of fused-ring (bicyclic) bond motifs is 1. The highest BCUT2D eigenvalue weighted by Gasteiger charge is 2.80. The molecule has 0 spiro atoms. The number of aliphatic hydroxyl groups is 2. The van der Waals surface area contributed by atoms with Crippen LogP contribution in [0, 0.1) is 0 Å². The summed E-state index contributed by atoms with van der Waals surface area (Å²) in [6.45, 7) is 18.6. The highest BCUT2D eigenvalue weighted by Crippen LogP contribution is 2.60. The molecule has 2 aliphatic heterocycles. The average molecular weight is 621 g/mol. The van der Waals surface area contributed by atoms with E-state index >= 15 is 0 Å². The van der Waals surface area contributed by atoms with Gasteiger partial charge in [-0.1, -0.05) is 85.7 Å². The molecule has 0 radical (unpaired) electrons. The fourth-order valence-corrected chi connectivity index (χ4v) is 23.0. The zero-order chi connectivity index (χ0) is 31.2. The smallest absolute Gasteiger partial charge is 0.330 e. The van der Waals surface area contributed by atoms with Crippen LogP contribution in [-0.2, 0) is 24.9 Å². The lowest BCUT2D eigenvalue weighted by molar-refractivity contribution is -0.207. The summed E-state index contributed by atoms with van der Waals surface area (Å²) in [7, 11) is -6.37. The van der Waals surface area contributed by atoms with E-state index in [0.717, 1.165) is 5.56 Å². The lowest BCUT2D eigenvalue weighted by atomic mass is 10.1. The molecule has 0 aliphatic carbocycles. The largest absolute Gasteiger partial charge is 0.451 e. The lowest BCUT2D eigenvalue weighted by Crippen LogP contribution is -2.85. The molecule has 2 aromatic rings. The van der Waals surface area contributed by atoms with E-state index in [1.165, 1.54) is 16.8 Å². The Labute approximate surface area is 250 Å². The van der Waals surface area contributed by atoms with Crippen LogP contribution < -0.4 is 11.2 Å². The second-order valence-corrected chi connectivity index (χ2v) is 23.1. The van der Waals surface area contributed by atoms with Gasteiger partial charge in [0.2, 0.25) is 16.6 Å². The minimum absolute atomic E-state index is 0.0207. The molecule has 4 rings (SSSR count). The van der Waals surface area contributed by atoms with E-state index in [0.29, 0.717) is 0 Å². The molecular formula is C30H48N2O8Si2. The van der Waals surface area contributed by atoms with Gasteiger partial charge in [-0.15, -0.1) is 0 Å². The summed E-state index contributed by atoms with van der Waals surface area (Å²) in [6, 6.07) is 10.9. The maximum Gasteiger partial charge on any atom is 0.330 e. The van der Waals surface area contributed by atoms with E-state index in [2.05, 4.69) is 60.4 Å². The molecule has 2 aliphatic rings. The van der Waals surface area contributed by atoms with Gasteiger partial charge in [-0.2, -0.15) is 0 Å². The molecular weight excluding hydrogens is 573 g/mol. The number of hydrogen-bond acceptors (Lipinski definition) is 8. The number of aromatic amines is 1. The van der Waals surface area contributed by atoms with E-state index < -0.39 is 63.6 Å². The van der Waals surface area contributed by atoms with Crippen molar-refractivity contribution in [1.82, 2.24) is 9.55 Å². The predicted molar refractivity (Wildman–Crippen MR) is 165 cm³/mol. The first-order valence-electron chi connectivity index (χ1n) is 15.0. The zero-order valence-corrected chi connectivity index (χ0v) is 28.2. The maximum atomic E-state index is 13.2. The van der Waals surface area contributed by atoms with Crippen molar-refractivity contribution in [3.05, 3.63) is 69.0 Å². The third kappa shape index (κ3) is 5.13. The van der Waals surface area contributed by atoms with Gasteiger partial charge in [-0.25, -0.2) is 4.79 Å². The van der Waals surface area contributed by atoms with Gasteiger partial charge in [0.05, 0.1) is 6.61 Å². The van der Waals surface area contributed by atoms with Crippen LogP contribution in [0.1, 0.15) is 74.1 Å². The molecule has 3 heterocycles. The van der Waals surface area contributed by atoms with E-state index in [1.807, 2.05) is 30.3 Å². The van der Waals surface area contributed by atoms with Crippen molar-refractivity contribution < 1.29 is 28.5 Å². The molecule has 234 valence electrons. The second kappa shape index (κ2) is 12.2. The maximum absolute atomic E-state index is 13.2. The highest BCUT2D eigenvalue weighted by molar-refractivity contribution is 6.93. The van der Waals surface area contributed by atoms with Crippen LogP contribution in [0.4, 0.5) is 0 Å². The van der Waals surface area contributed by atoms with Gasteiger partial charge < -0.3 is 28.5 Å². The number of aliphatic hydroxyl groups excluding tert-OH is 1. The van der Waals surface area contributed by atoms with Gasteiger partial charge in [0.1, 0.15) is 23.2 Å². The first kappa shape index (κ1) is 33.0. The quantitative estimate of drug-likeness (QED) is 0.267. The van der Waals surface area contributed by atoms with Crippen molar-refractivity contribution >= 4 is 16.6 Å². The number of benzene rings is 1. The van der Waals surface area contributed by atoms with E-state index in [4.69, 9.17) is 18.3 Å². The van der Waals surface area contributed by atoms with Gasteiger partial charge in [0.25, 0.3) is 5.56 Å². The molecule has 2 fully saturated rings. The van der Waals surface area contributed by atoms with E-state index in [1.54, 1.807) is 6.92 Å². The van der Waals surface area contributed by atoms with Crippen molar-refractivity contribution in [3.8, 4) is 0 Å². The summed E-state index contributed by atoms with van der Waals surface area (Å²) < 4.78 is 27.9. The van der Waals surface area contributed by atoms with Crippen LogP contribution in [0.3, 0.4) is 0 Å². The molecule has 10 nitrogen and oxygen atoms in total. The second-order valence-electron chi connectivity index (χ2n) is 13.0. The number of nitrogens with zero attached hydrogens (tertiary/aromatic N) is 1. The number of hydrogen-bond donors (Lipinski definition) is 3.